The van der Waals surface area contributed by atoms with Crippen molar-refractivity contribution in [2.75, 3.05) is 6.61 Å². The largest absolute Gasteiger partial charge is 0.479 e. The van der Waals surface area contributed by atoms with Gasteiger partial charge in [-0.1, -0.05) is 13.8 Å². The van der Waals surface area contributed by atoms with E-state index in [1.165, 1.54) is 12.1 Å². The van der Waals surface area contributed by atoms with Crippen molar-refractivity contribution in [1.82, 2.24) is 0 Å². The summed E-state index contributed by atoms with van der Waals surface area (Å²) in [7, 11) is 0. The Morgan fingerprint density at radius 3 is 2.53 bits per heavy atom. The summed E-state index contributed by atoms with van der Waals surface area (Å²) in [5.74, 6) is -1.93. The Bertz CT molecular complexity index is 523. The maximum atomic E-state index is 11.7. The van der Waals surface area contributed by atoms with E-state index >= 15 is 0 Å². The number of carboxylic acid groups (broad SMARTS) is 1. The summed E-state index contributed by atoms with van der Waals surface area (Å²) >= 11 is 0. The lowest BCUT2D eigenvalue weighted by Gasteiger charge is -2.07. The Labute approximate surface area is 109 Å². The van der Waals surface area contributed by atoms with Crippen LogP contribution in [0, 0.1) is 16.0 Å². The van der Waals surface area contributed by atoms with Gasteiger partial charge in [0.2, 0.25) is 0 Å². The number of nitro groups is 1. The monoisotopic (exact) mass is 267 g/mol. The number of nitro benzene ring substituents is 1. The van der Waals surface area contributed by atoms with Crippen LogP contribution in [-0.2, 0) is 4.79 Å². The van der Waals surface area contributed by atoms with Crippen molar-refractivity contribution >= 4 is 17.4 Å². The second kappa shape index (κ2) is 5.94. The molecule has 19 heavy (non-hydrogen) atoms. The van der Waals surface area contributed by atoms with Crippen LogP contribution < -0.4 is 4.74 Å². The average Bonchev–Trinajstić information content (AvgIpc) is 2.34. The molecule has 0 fully saturated rings. The summed E-state index contributed by atoms with van der Waals surface area (Å²) in [6.07, 6.45) is 0. The first-order chi connectivity index (χ1) is 8.82. The number of nitrogens with zero attached hydrogens (tertiary/aromatic N) is 1. The molecule has 7 nitrogen and oxygen atoms in total. The summed E-state index contributed by atoms with van der Waals surface area (Å²) in [4.78, 5) is 32.3. The smallest absolute Gasteiger partial charge is 0.341 e. The number of hydrogen-bond acceptors (Lipinski definition) is 5. The summed E-state index contributed by atoms with van der Waals surface area (Å²) in [5, 5.41) is 19.3. The molecule has 0 aromatic heterocycles. The molecule has 0 heterocycles. The zero-order chi connectivity index (χ0) is 14.6. The SMILES string of the molecule is CC(C)C(=O)c1ccc(OCC(=O)O)c([N+](=O)[O-])c1. The lowest BCUT2D eigenvalue weighted by Crippen LogP contribution is -2.12. The van der Waals surface area contributed by atoms with Gasteiger partial charge in [-0.3, -0.25) is 14.9 Å². The van der Waals surface area contributed by atoms with Gasteiger partial charge in [-0.15, -0.1) is 0 Å². The molecular formula is C12H13NO6. The molecule has 1 N–H and O–H groups in total. The van der Waals surface area contributed by atoms with E-state index in [0.717, 1.165) is 6.07 Å². The second-order valence-corrected chi connectivity index (χ2v) is 4.14. The Kier molecular flexibility index (Phi) is 4.57. The second-order valence-electron chi connectivity index (χ2n) is 4.14. The van der Waals surface area contributed by atoms with E-state index in [9.17, 15) is 19.7 Å². The quantitative estimate of drug-likeness (QED) is 0.479. The highest BCUT2D eigenvalue weighted by molar-refractivity contribution is 5.98. The van der Waals surface area contributed by atoms with Gasteiger partial charge in [0.1, 0.15) is 0 Å². The van der Waals surface area contributed by atoms with Gasteiger partial charge in [-0.05, 0) is 12.1 Å². The molecule has 0 saturated heterocycles. The summed E-state index contributed by atoms with van der Waals surface area (Å²) < 4.78 is 4.80. The molecule has 0 bridgehead atoms. The van der Waals surface area contributed by atoms with Gasteiger partial charge >= 0.3 is 11.7 Å². The predicted octanol–water partition coefficient (Wildman–Crippen LogP) is 1.90. The highest BCUT2D eigenvalue weighted by Crippen LogP contribution is 2.28. The Hall–Kier alpha value is -2.44. The van der Waals surface area contributed by atoms with E-state index in [4.69, 9.17) is 9.84 Å². The molecule has 1 rings (SSSR count). The fourth-order valence-corrected chi connectivity index (χ4v) is 1.41. The van der Waals surface area contributed by atoms with Crippen molar-refractivity contribution in [2.45, 2.75) is 13.8 Å². The molecule has 0 aliphatic heterocycles. The maximum Gasteiger partial charge on any atom is 0.341 e. The van der Waals surface area contributed by atoms with Gasteiger partial charge in [-0.2, -0.15) is 0 Å². The average molecular weight is 267 g/mol. The van der Waals surface area contributed by atoms with Crippen LogP contribution >= 0.6 is 0 Å². The van der Waals surface area contributed by atoms with Crippen LogP contribution in [0.25, 0.3) is 0 Å². The highest BCUT2D eigenvalue weighted by Gasteiger charge is 2.20. The third-order valence-corrected chi connectivity index (χ3v) is 2.32. The molecule has 1 aromatic rings. The number of ketones is 1. The molecular weight excluding hydrogens is 254 g/mol. The molecule has 0 unspecified atom stereocenters. The Morgan fingerprint density at radius 1 is 1.42 bits per heavy atom. The Morgan fingerprint density at radius 2 is 2.05 bits per heavy atom. The van der Waals surface area contributed by atoms with E-state index in [1.54, 1.807) is 13.8 Å². The van der Waals surface area contributed by atoms with Crippen LogP contribution in [0.2, 0.25) is 0 Å². The zero-order valence-electron chi connectivity index (χ0n) is 10.5. The standard InChI is InChI=1S/C12H13NO6/c1-7(2)12(16)8-3-4-10(19-6-11(14)15)9(5-8)13(17)18/h3-5,7H,6H2,1-2H3,(H,14,15). The molecule has 0 aliphatic carbocycles. The summed E-state index contributed by atoms with van der Waals surface area (Å²) in [6, 6.07) is 3.71. The first-order valence-electron chi connectivity index (χ1n) is 5.50. The van der Waals surface area contributed by atoms with Crippen LogP contribution in [0.15, 0.2) is 18.2 Å². The fraction of sp³-hybridized carbons (Fsp3) is 0.333. The van der Waals surface area contributed by atoms with Crippen molar-refractivity contribution in [2.24, 2.45) is 5.92 Å². The first-order valence-corrected chi connectivity index (χ1v) is 5.50. The lowest BCUT2D eigenvalue weighted by molar-refractivity contribution is -0.385. The number of aliphatic carboxylic acids is 1. The topological polar surface area (TPSA) is 107 Å². The molecule has 0 spiro atoms. The normalized spacial score (nSPS) is 10.3. The number of hydrogen-bond donors (Lipinski definition) is 1. The number of carbonyl (C=O) groups is 2. The number of rotatable bonds is 6. The predicted molar refractivity (Wildman–Crippen MR) is 65.4 cm³/mol. The van der Waals surface area contributed by atoms with Crippen molar-refractivity contribution in [3.05, 3.63) is 33.9 Å². The molecule has 102 valence electrons. The van der Waals surface area contributed by atoms with Crippen LogP contribution in [0.4, 0.5) is 5.69 Å². The first kappa shape index (κ1) is 14.6. The molecule has 0 atom stereocenters. The van der Waals surface area contributed by atoms with Crippen LogP contribution in [-0.4, -0.2) is 28.4 Å². The van der Waals surface area contributed by atoms with Gasteiger partial charge < -0.3 is 9.84 Å². The maximum absolute atomic E-state index is 11.7. The van der Waals surface area contributed by atoms with Crippen LogP contribution in [0.1, 0.15) is 24.2 Å². The van der Waals surface area contributed by atoms with Gasteiger partial charge in [-0.25, -0.2) is 4.79 Å². The molecule has 0 amide bonds. The number of carboxylic acids is 1. The van der Waals surface area contributed by atoms with Crippen molar-refractivity contribution < 1.29 is 24.4 Å². The number of carbonyl (C=O) groups excluding carboxylic acids is 1. The summed E-state index contributed by atoms with van der Waals surface area (Å²) in [6.45, 7) is 2.68. The Balaban J connectivity index is 3.11. The van der Waals surface area contributed by atoms with E-state index in [1.807, 2.05) is 0 Å². The van der Waals surface area contributed by atoms with E-state index in [0.29, 0.717) is 0 Å². The van der Waals surface area contributed by atoms with Gasteiger partial charge in [0.15, 0.2) is 18.1 Å². The molecule has 7 heteroatoms. The third-order valence-electron chi connectivity index (χ3n) is 2.32. The minimum atomic E-state index is -1.24. The number of ether oxygens (including phenoxy) is 1. The van der Waals surface area contributed by atoms with Crippen LogP contribution in [0.5, 0.6) is 5.75 Å². The lowest BCUT2D eigenvalue weighted by atomic mass is 10.0. The van der Waals surface area contributed by atoms with Gasteiger partial charge in [0.05, 0.1) is 4.92 Å². The van der Waals surface area contributed by atoms with E-state index < -0.39 is 23.2 Å². The van der Waals surface area contributed by atoms with Crippen molar-refractivity contribution in [3.63, 3.8) is 0 Å². The number of benzene rings is 1. The van der Waals surface area contributed by atoms with Crippen molar-refractivity contribution in [3.8, 4) is 5.75 Å². The number of Topliss-reactive ketones (excluding diaryl/α,β-unsaturated/α-hetero) is 1. The minimum Gasteiger partial charge on any atom is -0.479 e. The molecule has 1 aromatic carbocycles. The van der Waals surface area contributed by atoms with Gasteiger partial charge in [0, 0.05) is 17.5 Å². The van der Waals surface area contributed by atoms with E-state index in [2.05, 4.69) is 0 Å². The third kappa shape index (κ3) is 3.77. The zero-order valence-corrected chi connectivity index (χ0v) is 10.5. The minimum absolute atomic E-state index is 0.173. The van der Waals surface area contributed by atoms with E-state index in [-0.39, 0.29) is 23.0 Å². The van der Waals surface area contributed by atoms with Gasteiger partial charge in [0.25, 0.3) is 0 Å². The molecule has 0 saturated carbocycles. The highest BCUT2D eigenvalue weighted by atomic mass is 16.6. The fourth-order valence-electron chi connectivity index (χ4n) is 1.41. The van der Waals surface area contributed by atoms with Crippen molar-refractivity contribution in [1.29, 1.82) is 0 Å². The molecule has 0 aliphatic rings. The van der Waals surface area contributed by atoms with Crippen LogP contribution in [0.3, 0.4) is 0 Å². The summed E-state index contributed by atoms with van der Waals surface area (Å²) in [5.41, 5.74) is -0.225. The molecule has 0 radical (unpaired) electrons.